The average Bonchev–Trinajstić information content (AvgIpc) is 2.33. The monoisotopic (exact) mass is 274 g/mol. The van der Waals surface area contributed by atoms with Gasteiger partial charge >= 0.3 is 0 Å². The quantitative estimate of drug-likeness (QED) is 0.884. The summed E-state index contributed by atoms with van der Waals surface area (Å²) in [7, 11) is -3.28. The molecule has 0 bridgehead atoms. The van der Waals surface area contributed by atoms with E-state index in [4.69, 9.17) is 11.6 Å². The van der Waals surface area contributed by atoms with Crippen LogP contribution in [0.1, 0.15) is 12.8 Å². The molecular weight excluding hydrogens is 260 g/mol. The largest absolute Gasteiger partial charge is 0.317 e. The van der Waals surface area contributed by atoms with Crippen molar-refractivity contribution in [2.45, 2.75) is 18.1 Å². The Morgan fingerprint density at radius 3 is 2.35 bits per heavy atom. The first kappa shape index (κ1) is 12.7. The highest BCUT2D eigenvalue weighted by Gasteiger charge is 2.26. The Bertz CT molecular complexity index is 467. The van der Waals surface area contributed by atoms with Gasteiger partial charge in [0.25, 0.3) is 0 Å². The number of hydrogen-bond donors (Lipinski definition) is 2. The Hall–Kier alpha value is -0.780. The lowest BCUT2D eigenvalue weighted by Crippen LogP contribution is -2.38. The van der Waals surface area contributed by atoms with E-state index < -0.39 is 10.0 Å². The summed E-state index contributed by atoms with van der Waals surface area (Å²) in [4.78, 5) is 0. The Balaban J connectivity index is 2.08. The van der Waals surface area contributed by atoms with Crippen LogP contribution in [0.15, 0.2) is 24.3 Å². The highest BCUT2D eigenvalue weighted by atomic mass is 35.5. The molecule has 0 radical (unpaired) electrons. The first-order valence-corrected chi connectivity index (χ1v) is 7.48. The molecule has 0 saturated carbocycles. The fraction of sp³-hybridized carbons (Fsp3) is 0.455. The standard InChI is InChI=1S/C11H15ClN2O2S/c12-9-1-3-10(4-2-9)14-17(15,16)11-5-7-13-8-6-11/h1-4,11,13-14H,5-8H2. The maximum atomic E-state index is 12.1. The van der Waals surface area contributed by atoms with E-state index >= 15 is 0 Å². The molecule has 0 unspecified atom stereocenters. The molecule has 17 heavy (non-hydrogen) atoms. The van der Waals surface area contributed by atoms with Gasteiger partial charge < -0.3 is 5.32 Å². The lowest BCUT2D eigenvalue weighted by Gasteiger charge is -2.23. The summed E-state index contributed by atoms with van der Waals surface area (Å²) in [6, 6.07) is 6.67. The van der Waals surface area contributed by atoms with Crippen LogP contribution in [0.2, 0.25) is 5.02 Å². The zero-order valence-electron chi connectivity index (χ0n) is 9.32. The van der Waals surface area contributed by atoms with E-state index in [0.29, 0.717) is 23.6 Å². The van der Waals surface area contributed by atoms with Crippen LogP contribution in [-0.2, 0) is 10.0 Å². The molecule has 1 aromatic carbocycles. The summed E-state index contributed by atoms with van der Waals surface area (Å²) in [6.07, 6.45) is 1.31. The van der Waals surface area contributed by atoms with Crippen LogP contribution >= 0.6 is 11.6 Å². The zero-order chi connectivity index (χ0) is 12.3. The molecule has 0 aliphatic carbocycles. The molecule has 1 aliphatic heterocycles. The second kappa shape index (κ2) is 5.25. The third kappa shape index (κ3) is 3.34. The van der Waals surface area contributed by atoms with Crippen LogP contribution in [0.3, 0.4) is 0 Å². The van der Waals surface area contributed by atoms with Crippen LogP contribution in [0, 0.1) is 0 Å². The van der Waals surface area contributed by atoms with Crippen molar-refractivity contribution in [3.05, 3.63) is 29.3 Å². The van der Waals surface area contributed by atoms with E-state index in [2.05, 4.69) is 10.0 Å². The molecule has 4 nitrogen and oxygen atoms in total. The first-order chi connectivity index (χ1) is 8.08. The zero-order valence-corrected chi connectivity index (χ0v) is 10.9. The van der Waals surface area contributed by atoms with Crippen molar-refractivity contribution in [1.82, 2.24) is 5.32 Å². The Morgan fingerprint density at radius 1 is 1.18 bits per heavy atom. The predicted molar refractivity (Wildman–Crippen MR) is 69.9 cm³/mol. The van der Waals surface area contributed by atoms with Crippen molar-refractivity contribution >= 4 is 27.3 Å². The number of anilines is 1. The maximum absolute atomic E-state index is 12.1. The maximum Gasteiger partial charge on any atom is 0.235 e. The molecule has 0 spiro atoms. The molecule has 0 aromatic heterocycles. The molecule has 1 fully saturated rings. The molecule has 6 heteroatoms. The summed E-state index contributed by atoms with van der Waals surface area (Å²) >= 11 is 5.75. The highest BCUT2D eigenvalue weighted by Crippen LogP contribution is 2.19. The number of hydrogen-bond acceptors (Lipinski definition) is 3. The molecule has 1 aliphatic rings. The number of rotatable bonds is 3. The van der Waals surface area contributed by atoms with Crippen LogP contribution in [0.5, 0.6) is 0 Å². The fourth-order valence-corrected chi connectivity index (χ4v) is 3.48. The molecule has 1 saturated heterocycles. The first-order valence-electron chi connectivity index (χ1n) is 5.56. The topological polar surface area (TPSA) is 58.2 Å². The number of sulfonamides is 1. The second-order valence-corrected chi connectivity index (χ2v) is 6.50. The summed E-state index contributed by atoms with van der Waals surface area (Å²) in [5.74, 6) is 0. The van der Waals surface area contributed by atoms with Gasteiger partial charge in [0.15, 0.2) is 0 Å². The van der Waals surface area contributed by atoms with Crippen LogP contribution in [0.25, 0.3) is 0 Å². The van der Waals surface area contributed by atoms with Gasteiger partial charge in [-0.15, -0.1) is 0 Å². The summed E-state index contributed by atoms with van der Waals surface area (Å²) in [5.41, 5.74) is 0.563. The minimum Gasteiger partial charge on any atom is -0.317 e. The van der Waals surface area contributed by atoms with Crippen molar-refractivity contribution in [3.63, 3.8) is 0 Å². The molecule has 94 valence electrons. The molecule has 0 atom stereocenters. The SMILES string of the molecule is O=S(=O)(Nc1ccc(Cl)cc1)C1CCNCC1. The Labute approximate surface area is 106 Å². The molecule has 0 amide bonds. The lowest BCUT2D eigenvalue weighted by molar-refractivity contribution is 0.499. The van der Waals surface area contributed by atoms with Gasteiger partial charge in [-0.3, -0.25) is 4.72 Å². The van der Waals surface area contributed by atoms with Crippen LogP contribution < -0.4 is 10.0 Å². The fourth-order valence-electron chi connectivity index (χ4n) is 1.87. The van der Waals surface area contributed by atoms with Gasteiger partial charge in [-0.05, 0) is 50.2 Å². The Kier molecular flexibility index (Phi) is 3.91. The van der Waals surface area contributed by atoms with Gasteiger partial charge in [0.2, 0.25) is 10.0 Å². The van der Waals surface area contributed by atoms with Gasteiger partial charge in [0.05, 0.1) is 5.25 Å². The van der Waals surface area contributed by atoms with Crippen molar-refractivity contribution in [2.75, 3.05) is 17.8 Å². The van der Waals surface area contributed by atoms with Gasteiger partial charge in [-0.25, -0.2) is 8.42 Å². The van der Waals surface area contributed by atoms with E-state index in [1.807, 2.05) is 0 Å². The average molecular weight is 275 g/mol. The molecule has 1 heterocycles. The molecule has 2 rings (SSSR count). The molecule has 1 aromatic rings. The Morgan fingerprint density at radius 2 is 1.76 bits per heavy atom. The predicted octanol–water partition coefficient (Wildman–Crippen LogP) is 1.83. The molecular formula is C11H15ClN2O2S. The van der Waals surface area contributed by atoms with Crippen molar-refractivity contribution in [1.29, 1.82) is 0 Å². The van der Waals surface area contributed by atoms with Crippen molar-refractivity contribution < 1.29 is 8.42 Å². The van der Waals surface area contributed by atoms with Gasteiger partial charge in [-0.1, -0.05) is 11.6 Å². The minimum atomic E-state index is -3.28. The summed E-state index contributed by atoms with van der Waals surface area (Å²) in [5, 5.41) is 3.43. The molecule has 2 N–H and O–H groups in total. The van der Waals surface area contributed by atoms with Gasteiger partial charge in [0.1, 0.15) is 0 Å². The van der Waals surface area contributed by atoms with Crippen LogP contribution in [-0.4, -0.2) is 26.8 Å². The third-order valence-corrected chi connectivity index (χ3v) is 4.95. The van der Waals surface area contributed by atoms with E-state index in [0.717, 1.165) is 13.1 Å². The smallest absolute Gasteiger partial charge is 0.235 e. The van der Waals surface area contributed by atoms with E-state index in [1.165, 1.54) is 0 Å². The number of nitrogens with one attached hydrogen (secondary N) is 2. The van der Waals surface area contributed by atoms with Crippen molar-refractivity contribution in [3.8, 4) is 0 Å². The van der Waals surface area contributed by atoms with E-state index in [-0.39, 0.29) is 5.25 Å². The summed E-state index contributed by atoms with van der Waals surface area (Å²) < 4.78 is 26.7. The van der Waals surface area contributed by atoms with Gasteiger partial charge in [0, 0.05) is 10.7 Å². The number of piperidine rings is 1. The van der Waals surface area contributed by atoms with Crippen molar-refractivity contribution in [2.24, 2.45) is 0 Å². The minimum absolute atomic E-state index is 0.306. The summed E-state index contributed by atoms with van der Waals surface area (Å²) in [6.45, 7) is 1.51. The van der Waals surface area contributed by atoms with Crippen LogP contribution in [0.4, 0.5) is 5.69 Å². The van der Waals surface area contributed by atoms with E-state index in [1.54, 1.807) is 24.3 Å². The number of benzene rings is 1. The number of halogens is 1. The lowest BCUT2D eigenvalue weighted by atomic mass is 10.2. The van der Waals surface area contributed by atoms with E-state index in [9.17, 15) is 8.42 Å². The second-order valence-electron chi connectivity index (χ2n) is 4.10. The normalized spacial score (nSPS) is 17.9. The van der Waals surface area contributed by atoms with Gasteiger partial charge in [-0.2, -0.15) is 0 Å². The highest BCUT2D eigenvalue weighted by molar-refractivity contribution is 7.93. The third-order valence-electron chi connectivity index (χ3n) is 2.83.